The van der Waals surface area contributed by atoms with Crippen molar-refractivity contribution in [3.05, 3.63) is 18.0 Å². The standard InChI is InChI=1S/C10H19N3/c1-2-3-4-5-8-13-10(9-11)6-7-12-13/h6-7H,2-5,8-9,11H2,1H3. The zero-order chi connectivity index (χ0) is 9.52. The molecule has 0 aromatic carbocycles. The van der Waals surface area contributed by atoms with Crippen LogP contribution in [0.15, 0.2) is 12.3 Å². The minimum Gasteiger partial charge on any atom is -0.325 e. The summed E-state index contributed by atoms with van der Waals surface area (Å²) >= 11 is 0. The average molecular weight is 181 g/mol. The summed E-state index contributed by atoms with van der Waals surface area (Å²) in [5.41, 5.74) is 6.70. The van der Waals surface area contributed by atoms with Gasteiger partial charge in [0.05, 0.1) is 5.69 Å². The molecule has 0 saturated carbocycles. The molecule has 0 aliphatic carbocycles. The Labute approximate surface area is 79.9 Å². The summed E-state index contributed by atoms with van der Waals surface area (Å²) in [6.45, 7) is 3.83. The van der Waals surface area contributed by atoms with Crippen molar-refractivity contribution in [2.75, 3.05) is 0 Å². The number of rotatable bonds is 6. The van der Waals surface area contributed by atoms with Gasteiger partial charge in [-0.2, -0.15) is 5.10 Å². The molecule has 0 bridgehead atoms. The molecule has 0 unspecified atom stereocenters. The van der Waals surface area contributed by atoms with Gasteiger partial charge >= 0.3 is 0 Å². The molecule has 1 heterocycles. The first-order valence-electron chi connectivity index (χ1n) is 5.09. The summed E-state index contributed by atoms with van der Waals surface area (Å²) in [7, 11) is 0. The van der Waals surface area contributed by atoms with Gasteiger partial charge in [0.25, 0.3) is 0 Å². The maximum Gasteiger partial charge on any atom is 0.0519 e. The highest BCUT2D eigenvalue weighted by atomic mass is 15.3. The van der Waals surface area contributed by atoms with Crippen LogP contribution in [0.4, 0.5) is 0 Å². The van der Waals surface area contributed by atoms with Gasteiger partial charge in [0, 0.05) is 19.3 Å². The molecule has 3 heteroatoms. The quantitative estimate of drug-likeness (QED) is 0.681. The van der Waals surface area contributed by atoms with Crippen LogP contribution < -0.4 is 5.73 Å². The van der Waals surface area contributed by atoms with E-state index in [1.54, 1.807) is 0 Å². The second-order valence-electron chi connectivity index (χ2n) is 3.31. The van der Waals surface area contributed by atoms with E-state index in [4.69, 9.17) is 5.73 Å². The fraction of sp³-hybridized carbons (Fsp3) is 0.700. The summed E-state index contributed by atoms with van der Waals surface area (Å²) in [4.78, 5) is 0. The fourth-order valence-electron chi connectivity index (χ4n) is 1.42. The van der Waals surface area contributed by atoms with Crippen LogP contribution in [0.1, 0.15) is 38.3 Å². The van der Waals surface area contributed by atoms with E-state index < -0.39 is 0 Å². The number of hydrogen-bond donors (Lipinski definition) is 1. The predicted octanol–water partition coefficient (Wildman–Crippen LogP) is 1.92. The fourth-order valence-corrected chi connectivity index (χ4v) is 1.42. The number of aryl methyl sites for hydroxylation is 1. The lowest BCUT2D eigenvalue weighted by atomic mass is 10.2. The lowest BCUT2D eigenvalue weighted by Crippen LogP contribution is -2.08. The van der Waals surface area contributed by atoms with Crippen LogP contribution in [0.5, 0.6) is 0 Å². The molecule has 74 valence electrons. The smallest absolute Gasteiger partial charge is 0.0519 e. The van der Waals surface area contributed by atoms with Crippen molar-refractivity contribution in [3.8, 4) is 0 Å². The number of nitrogens with two attached hydrogens (primary N) is 1. The van der Waals surface area contributed by atoms with Gasteiger partial charge < -0.3 is 5.73 Å². The number of aromatic nitrogens is 2. The van der Waals surface area contributed by atoms with Crippen LogP contribution in [-0.4, -0.2) is 9.78 Å². The van der Waals surface area contributed by atoms with Gasteiger partial charge in [-0.1, -0.05) is 26.2 Å². The van der Waals surface area contributed by atoms with Crippen molar-refractivity contribution >= 4 is 0 Å². The maximum absolute atomic E-state index is 5.56. The molecule has 1 aromatic rings. The molecule has 1 rings (SSSR count). The summed E-state index contributed by atoms with van der Waals surface area (Å²) in [5, 5.41) is 4.22. The van der Waals surface area contributed by atoms with Gasteiger partial charge in [-0.15, -0.1) is 0 Å². The number of nitrogens with zero attached hydrogens (tertiary/aromatic N) is 2. The highest BCUT2D eigenvalue weighted by molar-refractivity contribution is 4.99. The Kier molecular flexibility index (Phi) is 4.54. The Morgan fingerprint density at radius 3 is 2.92 bits per heavy atom. The Morgan fingerprint density at radius 2 is 2.23 bits per heavy atom. The van der Waals surface area contributed by atoms with Gasteiger partial charge in [0.1, 0.15) is 0 Å². The number of unbranched alkanes of at least 4 members (excludes halogenated alkanes) is 3. The Bertz CT molecular complexity index is 230. The summed E-state index contributed by atoms with van der Waals surface area (Å²) < 4.78 is 2.01. The van der Waals surface area contributed by atoms with Crippen molar-refractivity contribution in [1.29, 1.82) is 0 Å². The Balaban J connectivity index is 2.27. The molecule has 0 atom stereocenters. The van der Waals surface area contributed by atoms with Crippen molar-refractivity contribution in [1.82, 2.24) is 9.78 Å². The first-order chi connectivity index (χ1) is 6.38. The third-order valence-corrected chi connectivity index (χ3v) is 2.24. The summed E-state index contributed by atoms with van der Waals surface area (Å²) in [5.74, 6) is 0. The minimum absolute atomic E-state index is 0.591. The maximum atomic E-state index is 5.56. The first kappa shape index (κ1) is 10.3. The van der Waals surface area contributed by atoms with Crippen molar-refractivity contribution < 1.29 is 0 Å². The van der Waals surface area contributed by atoms with E-state index in [2.05, 4.69) is 12.0 Å². The monoisotopic (exact) mass is 181 g/mol. The molecule has 3 nitrogen and oxygen atoms in total. The third-order valence-electron chi connectivity index (χ3n) is 2.24. The van der Waals surface area contributed by atoms with Gasteiger partial charge in [-0.25, -0.2) is 0 Å². The van der Waals surface area contributed by atoms with E-state index in [0.717, 1.165) is 12.2 Å². The molecule has 0 aliphatic rings. The van der Waals surface area contributed by atoms with Crippen LogP contribution in [0.25, 0.3) is 0 Å². The molecule has 13 heavy (non-hydrogen) atoms. The van der Waals surface area contributed by atoms with Crippen LogP contribution in [0.3, 0.4) is 0 Å². The molecule has 0 radical (unpaired) electrons. The number of hydrogen-bond acceptors (Lipinski definition) is 2. The van der Waals surface area contributed by atoms with E-state index in [9.17, 15) is 0 Å². The molecule has 0 aliphatic heterocycles. The van der Waals surface area contributed by atoms with E-state index in [0.29, 0.717) is 6.54 Å². The van der Waals surface area contributed by atoms with Gasteiger partial charge in [-0.3, -0.25) is 4.68 Å². The molecule has 1 aromatic heterocycles. The van der Waals surface area contributed by atoms with E-state index >= 15 is 0 Å². The van der Waals surface area contributed by atoms with E-state index in [1.165, 1.54) is 25.7 Å². The lowest BCUT2D eigenvalue weighted by Gasteiger charge is -2.04. The molecular formula is C10H19N3. The Morgan fingerprint density at radius 1 is 1.38 bits per heavy atom. The largest absolute Gasteiger partial charge is 0.325 e. The average Bonchev–Trinajstić information content (AvgIpc) is 2.60. The molecular weight excluding hydrogens is 162 g/mol. The molecule has 0 fully saturated rings. The summed E-state index contributed by atoms with van der Waals surface area (Å²) in [6, 6.07) is 1.99. The van der Waals surface area contributed by atoms with Crippen LogP contribution in [0, 0.1) is 0 Å². The lowest BCUT2D eigenvalue weighted by molar-refractivity contribution is 0.524. The molecule has 0 saturated heterocycles. The molecule has 0 spiro atoms. The van der Waals surface area contributed by atoms with Crippen LogP contribution >= 0.6 is 0 Å². The topological polar surface area (TPSA) is 43.8 Å². The third kappa shape index (κ3) is 3.19. The van der Waals surface area contributed by atoms with E-state index in [1.807, 2.05) is 16.9 Å². The second-order valence-corrected chi connectivity index (χ2v) is 3.31. The molecule has 2 N–H and O–H groups in total. The zero-order valence-electron chi connectivity index (χ0n) is 8.37. The predicted molar refractivity (Wildman–Crippen MR) is 54.3 cm³/mol. The second kappa shape index (κ2) is 5.75. The van der Waals surface area contributed by atoms with Crippen molar-refractivity contribution in [3.63, 3.8) is 0 Å². The highest BCUT2D eigenvalue weighted by Crippen LogP contribution is 2.03. The van der Waals surface area contributed by atoms with Gasteiger partial charge in [0.2, 0.25) is 0 Å². The van der Waals surface area contributed by atoms with Gasteiger partial charge in [0.15, 0.2) is 0 Å². The molecule has 0 amide bonds. The van der Waals surface area contributed by atoms with Crippen LogP contribution in [0.2, 0.25) is 0 Å². The first-order valence-corrected chi connectivity index (χ1v) is 5.09. The minimum atomic E-state index is 0.591. The highest BCUT2D eigenvalue weighted by Gasteiger charge is 1.98. The van der Waals surface area contributed by atoms with E-state index in [-0.39, 0.29) is 0 Å². The van der Waals surface area contributed by atoms with Crippen LogP contribution in [-0.2, 0) is 13.1 Å². The zero-order valence-corrected chi connectivity index (χ0v) is 8.37. The summed E-state index contributed by atoms with van der Waals surface area (Å²) in [6.07, 6.45) is 6.92. The van der Waals surface area contributed by atoms with Crippen molar-refractivity contribution in [2.24, 2.45) is 5.73 Å². The Hall–Kier alpha value is -0.830. The van der Waals surface area contributed by atoms with Crippen molar-refractivity contribution in [2.45, 2.75) is 45.7 Å². The normalized spacial score (nSPS) is 10.6. The SMILES string of the molecule is CCCCCCn1nccc1CN. The van der Waals surface area contributed by atoms with Gasteiger partial charge in [-0.05, 0) is 12.5 Å².